The first-order valence-corrected chi connectivity index (χ1v) is 20.4. The fourth-order valence-electron chi connectivity index (χ4n) is 6.45. The molecule has 3 aromatic rings. The van der Waals surface area contributed by atoms with Crippen molar-refractivity contribution < 1.29 is 33.6 Å². The van der Waals surface area contributed by atoms with Crippen molar-refractivity contribution in [3.63, 3.8) is 0 Å². The summed E-state index contributed by atoms with van der Waals surface area (Å²) >= 11 is 0. The van der Waals surface area contributed by atoms with Crippen molar-refractivity contribution in [3.05, 3.63) is 149 Å². The zero-order chi connectivity index (χ0) is 41.4. The second-order valence-electron chi connectivity index (χ2n) is 15.3. The van der Waals surface area contributed by atoms with Gasteiger partial charge < -0.3 is 39.4 Å². The van der Waals surface area contributed by atoms with Gasteiger partial charge in [-0.2, -0.15) is 0 Å². The van der Waals surface area contributed by atoms with E-state index in [1.165, 1.54) is 30.4 Å². The monoisotopic (exact) mass is 792 g/mol. The Kier molecular flexibility index (Phi) is 20.1. The van der Waals surface area contributed by atoms with Crippen LogP contribution in [-0.2, 0) is 27.5 Å². The smallest absolute Gasteiger partial charge is 0.244 e. The summed E-state index contributed by atoms with van der Waals surface area (Å²) in [4.78, 5) is 12.3. The third kappa shape index (κ3) is 17.7. The highest BCUT2D eigenvalue weighted by Crippen LogP contribution is 2.41. The van der Waals surface area contributed by atoms with Gasteiger partial charge in [-0.05, 0) is 79.9 Å². The molecule has 1 atom stereocenters. The van der Waals surface area contributed by atoms with Gasteiger partial charge >= 0.3 is 0 Å². The summed E-state index contributed by atoms with van der Waals surface area (Å²) in [5, 5.41) is 16.5. The number of benzene rings is 3. The SMILES string of the molecule is CC(C=C/C=C(C)/C=C/C1=C(C)CCCC1(C)C)=CC(=O)NCCOCCOCCNCC(O)COc1ccc(OCc2ccccc2)c(OCc2ccccc2)c1. The minimum atomic E-state index is -0.717. The summed E-state index contributed by atoms with van der Waals surface area (Å²) in [6.07, 6.45) is 15.0. The Morgan fingerprint density at radius 1 is 0.810 bits per heavy atom. The van der Waals surface area contributed by atoms with Gasteiger partial charge in [-0.3, -0.25) is 4.79 Å². The maximum absolute atomic E-state index is 12.3. The van der Waals surface area contributed by atoms with E-state index in [0.29, 0.717) is 76.5 Å². The number of aliphatic hydroxyl groups excluding tert-OH is 1. The molecule has 312 valence electrons. The number of carbonyl (C=O) groups is 1. The summed E-state index contributed by atoms with van der Waals surface area (Å²) in [7, 11) is 0. The largest absolute Gasteiger partial charge is 0.491 e. The first-order chi connectivity index (χ1) is 28.1. The molecule has 0 spiro atoms. The minimum Gasteiger partial charge on any atom is -0.491 e. The molecule has 58 heavy (non-hydrogen) atoms. The van der Waals surface area contributed by atoms with Crippen LogP contribution in [0.4, 0.5) is 0 Å². The lowest BCUT2D eigenvalue weighted by Crippen LogP contribution is -2.33. The average molecular weight is 793 g/mol. The molecule has 4 rings (SSSR count). The average Bonchev–Trinajstić information content (AvgIpc) is 3.21. The number of ether oxygens (including phenoxy) is 5. The molecule has 0 aromatic heterocycles. The lowest BCUT2D eigenvalue weighted by molar-refractivity contribution is -0.116. The van der Waals surface area contributed by atoms with Crippen LogP contribution < -0.4 is 24.8 Å². The van der Waals surface area contributed by atoms with Crippen LogP contribution in [0.5, 0.6) is 17.2 Å². The van der Waals surface area contributed by atoms with Gasteiger partial charge in [0.15, 0.2) is 11.5 Å². The van der Waals surface area contributed by atoms with E-state index < -0.39 is 6.10 Å². The summed E-state index contributed by atoms with van der Waals surface area (Å²) in [6, 6.07) is 25.3. The Morgan fingerprint density at radius 2 is 1.47 bits per heavy atom. The van der Waals surface area contributed by atoms with E-state index >= 15 is 0 Å². The van der Waals surface area contributed by atoms with Gasteiger partial charge in [-0.1, -0.05) is 116 Å². The summed E-state index contributed by atoms with van der Waals surface area (Å²) in [5.74, 6) is 1.60. The van der Waals surface area contributed by atoms with Crippen molar-refractivity contribution in [2.24, 2.45) is 5.41 Å². The summed E-state index contributed by atoms with van der Waals surface area (Å²) in [6.45, 7) is 14.9. The number of hydrogen-bond acceptors (Lipinski definition) is 8. The van der Waals surface area contributed by atoms with Crippen LogP contribution in [0.3, 0.4) is 0 Å². The Bertz CT molecular complexity index is 1830. The first kappa shape index (κ1) is 45.8. The molecular weight excluding hydrogens is 729 g/mol. The third-order valence-corrected chi connectivity index (χ3v) is 9.69. The number of nitrogens with one attached hydrogen (secondary N) is 2. The minimum absolute atomic E-state index is 0.110. The molecule has 3 N–H and O–H groups in total. The van der Waals surface area contributed by atoms with Gasteiger partial charge in [0, 0.05) is 31.8 Å². The lowest BCUT2D eigenvalue weighted by atomic mass is 9.72. The van der Waals surface area contributed by atoms with Crippen molar-refractivity contribution >= 4 is 5.91 Å². The highest BCUT2D eigenvalue weighted by atomic mass is 16.5. The van der Waals surface area contributed by atoms with E-state index in [1.807, 2.05) is 91.9 Å². The molecule has 0 fully saturated rings. The molecule has 0 bridgehead atoms. The summed E-state index contributed by atoms with van der Waals surface area (Å²) < 4.78 is 29.3. The van der Waals surface area contributed by atoms with Crippen LogP contribution in [0.1, 0.15) is 65.0 Å². The Labute approximate surface area is 346 Å². The van der Waals surface area contributed by atoms with Gasteiger partial charge in [-0.15, -0.1) is 0 Å². The third-order valence-electron chi connectivity index (χ3n) is 9.69. The van der Waals surface area contributed by atoms with Crippen LogP contribution in [0.25, 0.3) is 0 Å². The zero-order valence-electron chi connectivity index (χ0n) is 35.1. The molecule has 9 nitrogen and oxygen atoms in total. The van der Waals surface area contributed by atoms with Crippen LogP contribution in [0.2, 0.25) is 0 Å². The van der Waals surface area contributed by atoms with Gasteiger partial charge in [0.1, 0.15) is 31.7 Å². The van der Waals surface area contributed by atoms with E-state index in [9.17, 15) is 9.90 Å². The maximum Gasteiger partial charge on any atom is 0.244 e. The Hall–Kier alpha value is -4.93. The fraction of sp³-hybridized carbons (Fsp3) is 0.408. The molecule has 1 unspecified atom stereocenters. The number of aliphatic hydroxyl groups is 1. The molecule has 0 aliphatic heterocycles. The van der Waals surface area contributed by atoms with Crippen molar-refractivity contribution in [1.82, 2.24) is 10.6 Å². The molecule has 9 heteroatoms. The number of allylic oxidation sites excluding steroid dienone is 9. The van der Waals surface area contributed by atoms with E-state index in [-0.39, 0.29) is 17.9 Å². The van der Waals surface area contributed by atoms with Crippen molar-refractivity contribution in [1.29, 1.82) is 0 Å². The van der Waals surface area contributed by atoms with Crippen LogP contribution in [-0.4, -0.2) is 69.8 Å². The van der Waals surface area contributed by atoms with Crippen molar-refractivity contribution in [2.75, 3.05) is 52.7 Å². The predicted octanol–water partition coefficient (Wildman–Crippen LogP) is 8.85. The van der Waals surface area contributed by atoms with Crippen molar-refractivity contribution in [3.8, 4) is 17.2 Å². The molecule has 0 saturated carbocycles. The van der Waals surface area contributed by atoms with E-state index in [4.69, 9.17) is 23.7 Å². The molecule has 1 aliphatic carbocycles. The van der Waals surface area contributed by atoms with Gasteiger partial charge in [0.2, 0.25) is 5.91 Å². The Morgan fingerprint density at radius 3 is 2.14 bits per heavy atom. The Balaban J connectivity index is 1.03. The van der Waals surface area contributed by atoms with Crippen LogP contribution in [0, 0.1) is 5.41 Å². The molecule has 3 aromatic carbocycles. The van der Waals surface area contributed by atoms with E-state index in [0.717, 1.165) is 22.3 Å². The van der Waals surface area contributed by atoms with Gasteiger partial charge in [-0.25, -0.2) is 0 Å². The molecule has 1 amide bonds. The summed E-state index contributed by atoms with van der Waals surface area (Å²) in [5.41, 5.74) is 7.30. The maximum atomic E-state index is 12.3. The van der Waals surface area contributed by atoms with Crippen LogP contribution >= 0.6 is 0 Å². The lowest BCUT2D eigenvalue weighted by Gasteiger charge is -2.32. The normalized spacial score (nSPS) is 15.2. The highest BCUT2D eigenvalue weighted by molar-refractivity contribution is 5.88. The number of hydrogen-bond donors (Lipinski definition) is 3. The molecule has 1 aliphatic rings. The fourth-order valence-corrected chi connectivity index (χ4v) is 6.45. The van der Waals surface area contributed by atoms with Crippen LogP contribution in [0.15, 0.2) is 138 Å². The second-order valence-corrected chi connectivity index (χ2v) is 15.3. The standard InChI is InChI=1S/C49H64N2O7/c1-38(21-23-45-40(3)16-13-25-49(45,4)5)14-12-15-39(2)32-48(53)51-27-29-55-31-30-54-28-26-50-34-43(52)37-56-44-22-24-46(57-35-41-17-8-6-9-18-41)47(33-44)58-36-42-19-10-7-11-20-42/h6-12,14-15,17-24,32-33,43,50,52H,13,16,25-31,34-37H2,1-5H3,(H,51,53)/b15-12?,23-21+,38-14+,39-32?. The highest BCUT2D eigenvalue weighted by Gasteiger charge is 2.26. The van der Waals surface area contributed by atoms with E-state index in [1.54, 1.807) is 12.1 Å². The van der Waals surface area contributed by atoms with Gasteiger partial charge in [0.05, 0.1) is 26.4 Å². The van der Waals surface area contributed by atoms with E-state index in [2.05, 4.69) is 56.6 Å². The molecular formula is C49H64N2O7. The van der Waals surface area contributed by atoms with Gasteiger partial charge in [0.25, 0.3) is 0 Å². The first-order valence-electron chi connectivity index (χ1n) is 20.4. The number of carbonyl (C=O) groups excluding carboxylic acids is 1. The number of amides is 1. The predicted molar refractivity (Wildman–Crippen MR) is 233 cm³/mol. The second kappa shape index (κ2) is 25.4. The molecule has 0 saturated heterocycles. The topological polar surface area (TPSA) is 108 Å². The molecule has 0 radical (unpaired) electrons. The quantitative estimate of drug-likeness (QED) is 0.0444. The van der Waals surface area contributed by atoms with Crippen molar-refractivity contribution in [2.45, 2.75) is 73.2 Å². The zero-order valence-corrected chi connectivity index (χ0v) is 35.1. The number of rotatable bonds is 25. The molecule has 0 heterocycles.